The van der Waals surface area contributed by atoms with E-state index in [9.17, 15) is 4.79 Å². The van der Waals surface area contributed by atoms with Crippen molar-refractivity contribution in [2.45, 2.75) is 35.9 Å². The normalized spacial score (nSPS) is 13.3. The number of carbonyl (C=O) groups is 1. The molecule has 0 bridgehead atoms. The van der Waals surface area contributed by atoms with Gasteiger partial charge in [-0.15, -0.1) is 34.8 Å². The van der Waals surface area contributed by atoms with E-state index in [0.29, 0.717) is 0 Å². The lowest BCUT2D eigenvalue weighted by Crippen LogP contribution is -2.31. The molecule has 4 aromatic rings. The molecule has 0 aliphatic heterocycles. The Balaban J connectivity index is 0.000000292. The molecule has 5 heteroatoms. The van der Waals surface area contributed by atoms with E-state index < -0.39 is 15.0 Å². The van der Waals surface area contributed by atoms with Crippen LogP contribution in [-0.2, 0) is 24.1 Å². The quantitative estimate of drug-likeness (QED) is 0.151. The van der Waals surface area contributed by atoms with E-state index in [-0.39, 0.29) is 0 Å². The summed E-state index contributed by atoms with van der Waals surface area (Å²) in [5.41, 5.74) is 11.5. The van der Waals surface area contributed by atoms with Crippen LogP contribution in [-0.4, -0.2) is 15.0 Å². The molecule has 0 saturated carbocycles. The van der Waals surface area contributed by atoms with Crippen LogP contribution >= 0.6 is 46.4 Å². The summed E-state index contributed by atoms with van der Waals surface area (Å²) in [5.74, 6) is 0. The molecule has 1 aliphatic rings. The highest BCUT2D eigenvalue weighted by molar-refractivity contribution is 6.73. The first-order chi connectivity index (χ1) is 17.3. The summed E-state index contributed by atoms with van der Waals surface area (Å²) in [6.45, 7) is 1.36. The van der Waals surface area contributed by atoms with E-state index >= 15 is 0 Å². The molecule has 0 amide bonds. The number of rotatable bonds is 6. The molecule has 0 N–H and O–H groups in total. The van der Waals surface area contributed by atoms with Crippen LogP contribution < -0.4 is 0 Å². The molecule has 0 heterocycles. The molecule has 1 unspecified atom stereocenters. The van der Waals surface area contributed by atoms with Crippen molar-refractivity contribution >= 4 is 51.6 Å². The Morgan fingerprint density at radius 3 is 1.89 bits per heavy atom. The molecular formula is C31H26Cl4O. The van der Waals surface area contributed by atoms with E-state index in [1.165, 1.54) is 51.4 Å². The minimum atomic E-state index is -1.37. The lowest BCUT2D eigenvalue weighted by Gasteiger charge is -2.16. The molecule has 0 fully saturated rings. The summed E-state index contributed by atoms with van der Waals surface area (Å²) >= 11 is 21.1. The van der Waals surface area contributed by atoms with Crippen molar-refractivity contribution in [1.29, 1.82) is 0 Å². The van der Waals surface area contributed by atoms with Gasteiger partial charge in [0.15, 0.2) is 0 Å². The predicted octanol–water partition coefficient (Wildman–Crippen LogP) is 8.99. The Labute approximate surface area is 233 Å². The van der Waals surface area contributed by atoms with E-state index in [1.54, 1.807) is 0 Å². The fourth-order valence-electron chi connectivity index (χ4n) is 4.41. The third kappa shape index (κ3) is 6.15. The van der Waals surface area contributed by atoms with Crippen molar-refractivity contribution in [3.8, 4) is 11.1 Å². The molecule has 1 atom stereocenters. The molecule has 1 aliphatic carbocycles. The van der Waals surface area contributed by atoms with Gasteiger partial charge in [-0.1, -0.05) is 97.1 Å². The maximum absolute atomic E-state index is 10.4. The number of halogens is 4. The van der Waals surface area contributed by atoms with Gasteiger partial charge in [-0.3, -0.25) is 4.79 Å². The van der Waals surface area contributed by atoms with Gasteiger partial charge in [0.05, 0.1) is 0 Å². The molecule has 184 valence electrons. The summed E-state index contributed by atoms with van der Waals surface area (Å²) in [5, 5.41) is -0.751. The summed E-state index contributed by atoms with van der Waals surface area (Å²) in [6, 6.07) is 35.2. The molecule has 0 saturated heterocycles. The van der Waals surface area contributed by atoms with Crippen molar-refractivity contribution < 1.29 is 4.79 Å². The van der Waals surface area contributed by atoms with Gasteiger partial charge in [0.1, 0.15) is 9.71 Å². The van der Waals surface area contributed by atoms with Crippen molar-refractivity contribution in [2.75, 3.05) is 0 Å². The molecular weight excluding hydrogens is 530 g/mol. The van der Waals surface area contributed by atoms with E-state index in [1.807, 2.05) is 0 Å². The third-order valence-electron chi connectivity index (χ3n) is 6.46. The van der Waals surface area contributed by atoms with Crippen molar-refractivity contribution in [3.05, 3.63) is 130 Å². The second-order valence-corrected chi connectivity index (χ2v) is 11.3. The van der Waals surface area contributed by atoms with Crippen molar-refractivity contribution in [1.82, 2.24) is 0 Å². The third-order valence-corrected chi connectivity index (χ3v) is 8.43. The second kappa shape index (κ2) is 11.8. The Kier molecular flexibility index (Phi) is 8.80. The molecule has 4 aromatic carbocycles. The summed E-state index contributed by atoms with van der Waals surface area (Å²) < 4.78 is 0. The number of benzene rings is 4. The fourth-order valence-corrected chi connectivity index (χ4v) is 4.83. The van der Waals surface area contributed by atoms with Crippen LogP contribution in [0.3, 0.4) is 0 Å². The molecule has 1 nitrogen and oxygen atoms in total. The summed E-state index contributed by atoms with van der Waals surface area (Å²) in [7, 11) is 0. The first-order valence-electron chi connectivity index (χ1n) is 11.7. The highest BCUT2D eigenvalue weighted by Gasteiger charge is 2.36. The van der Waals surface area contributed by atoms with Crippen molar-refractivity contribution in [2.24, 2.45) is 0 Å². The average molecular weight is 556 g/mol. The maximum Gasteiger partial charge on any atom is 0.245 e. The largest absolute Gasteiger partial charge is 0.279 e. The lowest BCUT2D eigenvalue weighted by atomic mass is 9.89. The van der Waals surface area contributed by atoms with Crippen LogP contribution in [0, 0.1) is 0 Å². The van der Waals surface area contributed by atoms with Gasteiger partial charge in [0.2, 0.25) is 5.24 Å². The summed E-state index contributed by atoms with van der Waals surface area (Å²) in [4.78, 5) is 8.02. The summed E-state index contributed by atoms with van der Waals surface area (Å²) in [6.07, 6.45) is 3.04. The lowest BCUT2D eigenvalue weighted by molar-refractivity contribution is -0.113. The maximum atomic E-state index is 10.4. The van der Waals surface area contributed by atoms with E-state index in [0.717, 1.165) is 19.3 Å². The number of hydrogen-bond acceptors (Lipinski definition) is 1. The van der Waals surface area contributed by atoms with Gasteiger partial charge in [-0.25, -0.2) is 0 Å². The molecule has 0 radical (unpaired) electrons. The van der Waals surface area contributed by atoms with Crippen LogP contribution in [0.4, 0.5) is 0 Å². The van der Waals surface area contributed by atoms with Crippen LogP contribution in [0.5, 0.6) is 0 Å². The van der Waals surface area contributed by atoms with Gasteiger partial charge in [-0.05, 0) is 82.3 Å². The fraction of sp³-hybridized carbons (Fsp3) is 0.194. The van der Waals surface area contributed by atoms with Gasteiger partial charge in [-0.2, -0.15) is 0 Å². The number of hydrogen-bond donors (Lipinski definition) is 0. The SMILES string of the molecule is CC(Cl)(C(=O)Cl)C(Cl)Cl.c1ccc(Cc2ccc3c(c2Cc2ccccc2)Cc2ccccc2-3)cc1. The Morgan fingerprint density at radius 2 is 1.33 bits per heavy atom. The van der Waals surface area contributed by atoms with Gasteiger partial charge >= 0.3 is 0 Å². The Morgan fingerprint density at radius 1 is 0.778 bits per heavy atom. The first-order valence-corrected chi connectivity index (χ1v) is 13.4. The topological polar surface area (TPSA) is 17.1 Å². The zero-order valence-electron chi connectivity index (χ0n) is 19.9. The van der Waals surface area contributed by atoms with Crippen LogP contribution in [0.25, 0.3) is 11.1 Å². The monoisotopic (exact) mass is 554 g/mol. The average Bonchev–Trinajstić information content (AvgIpc) is 3.26. The highest BCUT2D eigenvalue weighted by atomic mass is 35.5. The van der Waals surface area contributed by atoms with Gasteiger partial charge in [0.25, 0.3) is 0 Å². The highest BCUT2D eigenvalue weighted by Crippen LogP contribution is 2.40. The second-order valence-electron chi connectivity index (χ2n) is 9.04. The Bertz CT molecular complexity index is 1330. The smallest absolute Gasteiger partial charge is 0.245 e. The van der Waals surface area contributed by atoms with Crippen LogP contribution in [0.15, 0.2) is 97.1 Å². The molecule has 0 spiro atoms. The number of alkyl halides is 3. The van der Waals surface area contributed by atoms with Crippen LogP contribution in [0.2, 0.25) is 0 Å². The minimum Gasteiger partial charge on any atom is -0.279 e. The van der Waals surface area contributed by atoms with Crippen molar-refractivity contribution in [3.63, 3.8) is 0 Å². The standard InChI is InChI=1S/C27H22.C4H4Cl4O/c1-3-9-20(10-4-1)17-23-15-16-25-24-14-8-7-13-22(24)19-27(25)26(23)18-21-11-5-2-6-12-21;1-4(8,2(5)6)3(7)9/h1-16H,17-19H2;2H,1H3. The molecule has 0 aromatic heterocycles. The van der Waals surface area contributed by atoms with Gasteiger partial charge < -0.3 is 0 Å². The number of fused-ring (bicyclic) bond motifs is 3. The van der Waals surface area contributed by atoms with Gasteiger partial charge in [0, 0.05) is 0 Å². The molecule has 5 rings (SSSR count). The van der Waals surface area contributed by atoms with E-state index in [2.05, 4.69) is 97.1 Å². The first kappa shape index (κ1) is 26.8. The van der Waals surface area contributed by atoms with Crippen LogP contribution in [0.1, 0.15) is 40.3 Å². The molecule has 36 heavy (non-hydrogen) atoms. The zero-order chi connectivity index (χ0) is 25.7. The predicted molar refractivity (Wildman–Crippen MR) is 154 cm³/mol. The Hall–Kier alpha value is -2.29. The zero-order valence-corrected chi connectivity index (χ0v) is 22.9. The van der Waals surface area contributed by atoms with E-state index in [4.69, 9.17) is 46.4 Å². The minimum absolute atomic E-state index is 0.751. The number of carbonyl (C=O) groups excluding carboxylic acids is 1.